The van der Waals surface area contributed by atoms with E-state index in [-0.39, 0.29) is 12.6 Å². The highest BCUT2D eigenvalue weighted by atomic mass is 31.2. The summed E-state index contributed by atoms with van der Waals surface area (Å²) in [7, 11) is -3.09. The van der Waals surface area contributed by atoms with Gasteiger partial charge in [-0.2, -0.15) is 0 Å². The maximum absolute atomic E-state index is 11.7. The summed E-state index contributed by atoms with van der Waals surface area (Å²) >= 11 is 0. The predicted octanol–water partition coefficient (Wildman–Crippen LogP) is 0.953. The molecule has 2 N–H and O–H groups in total. The summed E-state index contributed by atoms with van der Waals surface area (Å²) in [6, 6.07) is 0. The third kappa shape index (κ3) is 6.18. The number of hydrogen-bond donors (Lipinski definition) is 2. The van der Waals surface area contributed by atoms with Crippen molar-refractivity contribution in [2.75, 3.05) is 19.4 Å². The molecule has 0 bridgehead atoms. The lowest BCUT2D eigenvalue weighted by Gasteiger charge is -2.16. The number of aliphatic hydroxyl groups excluding tert-OH is 1. The molecule has 0 heterocycles. The summed E-state index contributed by atoms with van der Waals surface area (Å²) in [5.74, 6) is 0. The standard InChI is InChI=1S/C7H17O5P/c1-3-11-13(10,12-4-2)6-5-7(8)9/h7-9H,3-6H2,1-2H3. The Bertz CT molecular complexity index is 160. The van der Waals surface area contributed by atoms with E-state index in [0.717, 1.165) is 0 Å². The fourth-order valence-electron chi connectivity index (χ4n) is 0.833. The van der Waals surface area contributed by atoms with Crippen LogP contribution in [0.25, 0.3) is 0 Å². The molecule has 0 atom stereocenters. The van der Waals surface area contributed by atoms with Gasteiger partial charge in [-0.1, -0.05) is 0 Å². The molecule has 5 nitrogen and oxygen atoms in total. The van der Waals surface area contributed by atoms with Crippen molar-refractivity contribution in [3.05, 3.63) is 0 Å². The second kappa shape index (κ2) is 6.51. The molecule has 0 fully saturated rings. The van der Waals surface area contributed by atoms with E-state index in [9.17, 15) is 4.57 Å². The number of aliphatic hydroxyl groups is 2. The summed E-state index contributed by atoms with van der Waals surface area (Å²) in [5, 5.41) is 17.2. The maximum Gasteiger partial charge on any atom is 0.330 e. The molecule has 13 heavy (non-hydrogen) atoms. The molecule has 0 spiro atoms. The molecule has 0 saturated carbocycles. The lowest BCUT2D eigenvalue weighted by Crippen LogP contribution is -2.09. The van der Waals surface area contributed by atoms with Crippen LogP contribution in [0.3, 0.4) is 0 Å². The number of hydrogen-bond acceptors (Lipinski definition) is 5. The molecule has 0 aromatic heterocycles. The van der Waals surface area contributed by atoms with Crippen LogP contribution in [0.2, 0.25) is 0 Å². The summed E-state index contributed by atoms with van der Waals surface area (Å²) in [4.78, 5) is 0. The lowest BCUT2D eigenvalue weighted by molar-refractivity contribution is -0.0417. The first-order valence-corrected chi connectivity index (χ1v) is 6.01. The van der Waals surface area contributed by atoms with Gasteiger partial charge in [0.25, 0.3) is 0 Å². The van der Waals surface area contributed by atoms with Gasteiger partial charge in [-0.3, -0.25) is 4.57 Å². The topological polar surface area (TPSA) is 76.0 Å². The van der Waals surface area contributed by atoms with Crippen LogP contribution >= 0.6 is 7.60 Å². The smallest absolute Gasteiger partial charge is 0.330 e. The van der Waals surface area contributed by atoms with Gasteiger partial charge >= 0.3 is 7.60 Å². The second-order valence-corrected chi connectivity index (χ2v) is 4.62. The average Bonchev–Trinajstić information content (AvgIpc) is 2.02. The first-order chi connectivity index (χ1) is 6.04. The first kappa shape index (κ1) is 13.1. The molecular formula is C7H17O5P. The zero-order valence-corrected chi connectivity index (χ0v) is 8.87. The fourth-order valence-corrected chi connectivity index (χ4v) is 2.50. The quantitative estimate of drug-likeness (QED) is 0.485. The highest BCUT2D eigenvalue weighted by Gasteiger charge is 2.23. The molecule has 80 valence electrons. The molecular weight excluding hydrogens is 195 g/mol. The van der Waals surface area contributed by atoms with Gasteiger partial charge in [-0.15, -0.1) is 0 Å². The molecule has 6 heteroatoms. The van der Waals surface area contributed by atoms with Crippen LogP contribution in [-0.2, 0) is 13.6 Å². The molecule has 0 aromatic carbocycles. The largest absolute Gasteiger partial charge is 0.368 e. The van der Waals surface area contributed by atoms with Crippen molar-refractivity contribution in [2.45, 2.75) is 26.6 Å². The Kier molecular flexibility index (Phi) is 6.55. The molecule has 0 amide bonds. The van der Waals surface area contributed by atoms with Crippen LogP contribution in [0, 0.1) is 0 Å². The van der Waals surface area contributed by atoms with Gasteiger partial charge in [0.15, 0.2) is 6.29 Å². The molecule has 0 aliphatic rings. The zero-order valence-electron chi connectivity index (χ0n) is 7.97. The minimum Gasteiger partial charge on any atom is -0.368 e. The normalized spacial score (nSPS) is 12.4. The van der Waals surface area contributed by atoms with Gasteiger partial charge in [0.1, 0.15) is 0 Å². The van der Waals surface area contributed by atoms with Crippen LogP contribution in [-0.4, -0.2) is 35.9 Å². The SMILES string of the molecule is CCOP(=O)(CCC(O)O)OCC. The molecule has 0 rings (SSSR count). The Morgan fingerprint density at radius 3 is 2.00 bits per heavy atom. The van der Waals surface area contributed by atoms with Gasteiger partial charge < -0.3 is 19.3 Å². The third-order valence-corrected chi connectivity index (χ3v) is 3.42. The van der Waals surface area contributed by atoms with E-state index in [1.807, 2.05) is 0 Å². The van der Waals surface area contributed by atoms with Crippen LogP contribution in [0.15, 0.2) is 0 Å². The maximum atomic E-state index is 11.7. The third-order valence-electron chi connectivity index (χ3n) is 1.31. The van der Waals surface area contributed by atoms with E-state index < -0.39 is 13.9 Å². The highest BCUT2D eigenvalue weighted by Crippen LogP contribution is 2.48. The van der Waals surface area contributed by atoms with E-state index >= 15 is 0 Å². The van der Waals surface area contributed by atoms with E-state index in [0.29, 0.717) is 13.2 Å². The molecule has 0 unspecified atom stereocenters. The van der Waals surface area contributed by atoms with Crippen molar-refractivity contribution >= 4 is 7.60 Å². The van der Waals surface area contributed by atoms with Crippen LogP contribution in [0.4, 0.5) is 0 Å². The van der Waals surface area contributed by atoms with Crippen molar-refractivity contribution in [3.63, 3.8) is 0 Å². The zero-order chi connectivity index (χ0) is 10.3. The Labute approximate surface area is 78.2 Å². The van der Waals surface area contributed by atoms with E-state index in [2.05, 4.69) is 0 Å². The minimum absolute atomic E-state index is 0.00270. The van der Waals surface area contributed by atoms with E-state index in [4.69, 9.17) is 19.3 Å². The van der Waals surface area contributed by atoms with Crippen molar-refractivity contribution in [2.24, 2.45) is 0 Å². The highest BCUT2D eigenvalue weighted by molar-refractivity contribution is 7.53. The van der Waals surface area contributed by atoms with E-state index in [1.54, 1.807) is 13.8 Å². The van der Waals surface area contributed by atoms with Crippen molar-refractivity contribution in [3.8, 4) is 0 Å². The molecule has 0 aromatic rings. The average molecular weight is 212 g/mol. The van der Waals surface area contributed by atoms with Crippen molar-refractivity contribution in [1.29, 1.82) is 0 Å². The van der Waals surface area contributed by atoms with Gasteiger partial charge in [0.2, 0.25) is 0 Å². The first-order valence-electron chi connectivity index (χ1n) is 4.28. The monoisotopic (exact) mass is 212 g/mol. The summed E-state index contributed by atoms with van der Waals surface area (Å²) in [5.41, 5.74) is 0. The fraction of sp³-hybridized carbons (Fsp3) is 1.00. The molecule has 0 saturated heterocycles. The van der Waals surface area contributed by atoms with Crippen LogP contribution in [0.5, 0.6) is 0 Å². The van der Waals surface area contributed by atoms with Gasteiger partial charge in [-0.05, 0) is 13.8 Å². The Morgan fingerprint density at radius 1 is 1.23 bits per heavy atom. The predicted molar refractivity (Wildman–Crippen MR) is 48.6 cm³/mol. The van der Waals surface area contributed by atoms with Crippen molar-refractivity contribution in [1.82, 2.24) is 0 Å². The molecule has 0 aliphatic carbocycles. The Hall–Kier alpha value is 0.0700. The van der Waals surface area contributed by atoms with Crippen molar-refractivity contribution < 1.29 is 23.8 Å². The Morgan fingerprint density at radius 2 is 1.69 bits per heavy atom. The molecule has 0 radical (unpaired) electrons. The van der Waals surface area contributed by atoms with E-state index in [1.165, 1.54) is 0 Å². The van der Waals surface area contributed by atoms with Gasteiger partial charge in [-0.25, -0.2) is 0 Å². The Balaban J connectivity index is 3.99. The second-order valence-electron chi connectivity index (χ2n) is 2.44. The van der Waals surface area contributed by atoms with Crippen LogP contribution < -0.4 is 0 Å². The number of rotatable bonds is 7. The summed E-state index contributed by atoms with van der Waals surface area (Å²) in [6.45, 7) is 4.00. The van der Waals surface area contributed by atoms with Gasteiger partial charge in [0.05, 0.1) is 19.4 Å². The summed E-state index contributed by atoms with van der Waals surface area (Å²) in [6.07, 6.45) is -1.43. The molecule has 0 aliphatic heterocycles. The van der Waals surface area contributed by atoms with Crippen LogP contribution in [0.1, 0.15) is 20.3 Å². The lowest BCUT2D eigenvalue weighted by atomic mass is 10.5. The van der Waals surface area contributed by atoms with Gasteiger partial charge in [0, 0.05) is 6.42 Å². The minimum atomic E-state index is -3.09. The summed E-state index contributed by atoms with van der Waals surface area (Å²) < 4.78 is 21.5.